The standard InChI is InChI=1S/C19H18N4O3/c1-11-3-7-13(8-4-11)17(25)21-15(16(20)24)19-23-22-18(26-19)14-9-5-12(2)6-10-14/h3-10,15H,1-2H3,(H2,20,24)(H,21,25)/t15-/m0/s1. The maximum atomic E-state index is 12.3. The molecule has 0 saturated heterocycles. The van der Waals surface area contributed by atoms with E-state index >= 15 is 0 Å². The summed E-state index contributed by atoms with van der Waals surface area (Å²) in [4.78, 5) is 24.1. The highest BCUT2D eigenvalue weighted by Crippen LogP contribution is 2.21. The Balaban J connectivity index is 1.82. The van der Waals surface area contributed by atoms with Crippen LogP contribution in [0.3, 0.4) is 0 Å². The number of nitrogens with two attached hydrogens (primary N) is 1. The van der Waals surface area contributed by atoms with Crippen LogP contribution in [-0.4, -0.2) is 22.0 Å². The Labute approximate surface area is 150 Å². The fourth-order valence-electron chi connectivity index (χ4n) is 2.34. The van der Waals surface area contributed by atoms with Crippen LogP contribution in [0.15, 0.2) is 52.9 Å². The van der Waals surface area contributed by atoms with Gasteiger partial charge in [0.25, 0.3) is 5.91 Å². The van der Waals surface area contributed by atoms with Crippen LogP contribution in [0, 0.1) is 13.8 Å². The number of primary amides is 1. The van der Waals surface area contributed by atoms with Gasteiger partial charge in [0.1, 0.15) is 0 Å². The lowest BCUT2D eigenvalue weighted by molar-refractivity contribution is -0.120. The lowest BCUT2D eigenvalue weighted by Crippen LogP contribution is -2.37. The lowest BCUT2D eigenvalue weighted by Gasteiger charge is -2.11. The maximum absolute atomic E-state index is 12.3. The first-order valence-electron chi connectivity index (χ1n) is 8.01. The average molecular weight is 350 g/mol. The van der Waals surface area contributed by atoms with E-state index < -0.39 is 17.9 Å². The van der Waals surface area contributed by atoms with E-state index in [0.29, 0.717) is 11.1 Å². The summed E-state index contributed by atoms with van der Waals surface area (Å²) in [5, 5.41) is 10.3. The second-order valence-corrected chi connectivity index (χ2v) is 5.99. The Morgan fingerprint density at radius 1 is 0.962 bits per heavy atom. The molecule has 0 aliphatic heterocycles. The van der Waals surface area contributed by atoms with Crippen LogP contribution in [0.4, 0.5) is 0 Å². The molecule has 7 heteroatoms. The smallest absolute Gasteiger partial charge is 0.252 e. The van der Waals surface area contributed by atoms with E-state index in [9.17, 15) is 9.59 Å². The maximum Gasteiger partial charge on any atom is 0.252 e. The van der Waals surface area contributed by atoms with E-state index in [1.165, 1.54) is 0 Å². The largest absolute Gasteiger partial charge is 0.418 e. The summed E-state index contributed by atoms with van der Waals surface area (Å²) in [7, 11) is 0. The Bertz CT molecular complexity index is 930. The summed E-state index contributed by atoms with van der Waals surface area (Å²) in [6, 6.07) is 13.2. The summed E-state index contributed by atoms with van der Waals surface area (Å²) < 4.78 is 5.55. The SMILES string of the molecule is Cc1ccc(C(=O)N[C@@H](C(N)=O)c2nnc(-c3ccc(C)cc3)o2)cc1. The number of hydrogen-bond acceptors (Lipinski definition) is 5. The van der Waals surface area contributed by atoms with Crippen LogP contribution in [0.2, 0.25) is 0 Å². The van der Waals surface area contributed by atoms with Gasteiger partial charge in [0.05, 0.1) is 0 Å². The second-order valence-electron chi connectivity index (χ2n) is 5.99. The predicted octanol–water partition coefficient (Wildman–Crippen LogP) is 2.31. The monoisotopic (exact) mass is 350 g/mol. The van der Waals surface area contributed by atoms with E-state index in [1.807, 2.05) is 38.1 Å². The molecule has 3 aromatic rings. The highest BCUT2D eigenvalue weighted by Gasteiger charge is 2.27. The van der Waals surface area contributed by atoms with Crippen LogP contribution < -0.4 is 11.1 Å². The minimum atomic E-state index is -1.21. The van der Waals surface area contributed by atoms with Gasteiger partial charge in [0.2, 0.25) is 17.7 Å². The van der Waals surface area contributed by atoms with Crippen molar-refractivity contribution in [1.82, 2.24) is 15.5 Å². The van der Waals surface area contributed by atoms with Gasteiger partial charge in [-0.25, -0.2) is 0 Å². The molecule has 0 bridgehead atoms. The minimum absolute atomic E-state index is 0.0615. The predicted molar refractivity (Wildman–Crippen MR) is 95.1 cm³/mol. The third-order valence-electron chi connectivity index (χ3n) is 3.86. The van der Waals surface area contributed by atoms with E-state index in [4.69, 9.17) is 10.2 Å². The molecule has 0 fully saturated rings. The highest BCUT2D eigenvalue weighted by atomic mass is 16.4. The van der Waals surface area contributed by atoms with Gasteiger partial charge < -0.3 is 15.5 Å². The number of benzene rings is 2. The van der Waals surface area contributed by atoms with E-state index in [1.54, 1.807) is 24.3 Å². The fraction of sp³-hybridized carbons (Fsp3) is 0.158. The van der Waals surface area contributed by atoms with Crippen molar-refractivity contribution < 1.29 is 14.0 Å². The first-order chi connectivity index (χ1) is 12.4. The molecule has 26 heavy (non-hydrogen) atoms. The van der Waals surface area contributed by atoms with Gasteiger partial charge in [-0.2, -0.15) is 0 Å². The molecule has 0 unspecified atom stereocenters. The van der Waals surface area contributed by atoms with Crippen molar-refractivity contribution in [1.29, 1.82) is 0 Å². The summed E-state index contributed by atoms with van der Waals surface area (Å²) in [5.74, 6) is -1.06. The van der Waals surface area contributed by atoms with Crippen LogP contribution in [0.1, 0.15) is 33.4 Å². The van der Waals surface area contributed by atoms with Gasteiger partial charge in [0, 0.05) is 11.1 Å². The minimum Gasteiger partial charge on any atom is -0.418 e. The normalized spacial score (nSPS) is 11.8. The Kier molecular flexibility index (Phi) is 4.79. The summed E-state index contributed by atoms with van der Waals surface area (Å²) in [6.07, 6.45) is 0. The van der Waals surface area contributed by atoms with Gasteiger partial charge in [-0.1, -0.05) is 35.4 Å². The van der Waals surface area contributed by atoms with Gasteiger partial charge in [-0.05, 0) is 38.1 Å². The van der Waals surface area contributed by atoms with Gasteiger partial charge in [-0.15, -0.1) is 10.2 Å². The number of hydrogen-bond donors (Lipinski definition) is 2. The molecule has 0 spiro atoms. The summed E-state index contributed by atoms with van der Waals surface area (Å²) in [5.41, 5.74) is 8.63. The zero-order chi connectivity index (χ0) is 18.7. The zero-order valence-electron chi connectivity index (χ0n) is 14.4. The van der Waals surface area contributed by atoms with Crippen LogP contribution >= 0.6 is 0 Å². The van der Waals surface area contributed by atoms with Crippen LogP contribution in [0.25, 0.3) is 11.5 Å². The second kappa shape index (κ2) is 7.18. The van der Waals surface area contributed by atoms with Gasteiger partial charge in [-0.3, -0.25) is 9.59 Å². The zero-order valence-corrected chi connectivity index (χ0v) is 14.4. The molecular weight excluding hydrogens is 332 g/mol. The highest BCUT2D eigenvalue weighted by molar-refractivity contribution is 5.97. The molecule has 1 heterocycles. The Hall–Kier alpha value is -3.48. The molecule has 2 aromatic carbocycles. The first kappa shape index (κ1) is 17.3. The third-order valence-corrected chi connectivity index (χ3v) is 3.86. The summed E-state index contributed by atoms with van der Waals surface area (Å²) in [6.45, 7) is 3.88. The molecule has 7 nitrogen and oxygen atoms in total. The number of aromatic nitrogens is 2. The molecule has 0 aliphatic carbocycles. The number of nitrogens with zero attached hydrogens (tertiary/aromatic N) is 2. The molecule has 3 rings (SSSR count). The van der Waals surface area contributed by atoms with Crippen molar-refractivity contribution >= 4 is 11.8 Å². The molecule has 1 atom stereocenters. The van der Waals surface area contributed by atoms with E-state index in [0.717, 1.165) is 11.1 Å². The van der Waals surface area contributed by atoms with Crippen molar-refractivity contribution in [2.75, 3.05) is 0 Å². The number of amides is 2. The number of carbonyl (C=O) groups excluding carboxylic acids is 2. The molecular formula is C19H18N4O3. The lowest BCUT2D eigenvalue weighted by atomic mass is 10.1. The van der Waals surface area contributed by atoms with E-state index in [-0.39, 0.29) is 11.8 Å². The fourth-order valence-corrected chi connectivity index (χ4v) is 2.34. The van der Waals surface area contributed by atoms with Crippen molar-refractivity contribution in [2.24, 2.45) is 5.73 Å². The van der Waals surface area contributed by atoms with Gasteiger partial charge in [0.15, 0.2) is 6.04 Å². The number of nitrogens with one attached hydrogen (secondary N) is 1. The average Bonchev–Trinajstić information content (AvgIpc) is 3.10. The number of aryl methyl sites for hydroxylation is 2. The molecule has 0 radical (unpaired) electrons. The van der Waals surface area contributed by atoms with Crippen molar-refractivity contribution in [3.05, 3.63) is 71.1 Å². The molecule has 2 amide bonds. The number of carbonyl (C=O) groups is 2. The quantitative estimate of drug-likeness (QED) is 0.733. The van der Waals surface area contributed by atoms with Crippen LogP contribution in [0.5, 0.6) is 0 Å². The Morgan fingerprint density at radius 2 is 1.54 bits per heavy atom. The molecule has 0 aliphatic rings. The number of rotatable bonds is 5. The molecule has 3 N–H and O–H groups in total. The topological polar surface area (TPSA) is 111 Å². The van der Waals surface area contributed by atoms with Crippen molar-refractivity contribution in [3.63, 3.8) is 0 Å². The van der Waals surface area contributed by atoms with Crippen LogP contribution in [-0.2, 0) is 4.79 Å². The Morgan fingerprint density at radius 3 is 2.12 bits per heavy atom. The molecule has 1 aromatic heterocycles. The van der Waals surface area contributed by atoms with Gasteiger partial charge >= 0.3 is 0 Å². The first-order valence-corrected chi connectivity index (χ1v) is 8.01. The van der Waals surface area contributed by atoms with Crippen molar-refractivity contribution in [2.45, 2.75) is 19.9 Å². The molecule has 0 saturated carbocycles. The third kappa shape index (κ3) is 3.77. The van der Waals surface area contributed by atoms with E-state index in [2.05, 4.69) is 15.5 Å². The summed E-state index contributed by atoms with van der Waals surface area (Å²) >= 11 is 0. The van der Waals surface area contributed by atoms with Crippen molar-refractivity contribution in [3.8, 4) is 11.5 Å². The molecule has 132 valence electrons.